The van der Waals surface area contributed by atoms with Gasteiger partial charge in [0.1, 0.15) is 0 Å². The van der Waals surface area contributed by atoms with Crippen LogP contribution >= 0.6 is 0 Å². The van der Waals surface area contributed by atoms with Gasteiger partial charge in [-0.25, -0.2) is 0 Å². The number of amides is 1. The van der Waals surface area contributed by atoms with E-state index in [-0.39, 0.29) is 5.69 Å². The lowest BCUT2D eigenvalue weighted by atomic mass is 9.82. The third-order valence-electron chi connectivity index (χ3n) is 3.76. The third kappa shape index (κ3) is 3.30. The standard InChI is InChI=1S/C15H16N2O5/c1-9-6-7-10(8-13(9)17(21)22)16-14(18)11-4-2-3-5-12(11)15(19)20/h2-3,6-8,11-12H,4-5H2,1H3,(H,16,18)(H,19,20). The van der Waals surface area contributed by atoms with Crippen molar-refractivity contribution < 1.29 is 19.6 Å². The van der Waals surface area contributed by atoms with E-state index in [1.54, 1.807) is 31.2 Å². The molecule has 0 bridgehead atoms. The predicted octanol–water partition coefficient (Wildman–Crippen LogP) is 2.51. The van der Waals surface area contributed by atoms with Crippen LogP contribution in [0.3, 0.4) is 0 Å². The summed E-state index contributed by atoms with van der Waals surface area (Å²) in [6.07, 6.45) is 4.18. The Bertz CT molecular complexity index is 653. The van der Waals surface area contributed by atoms with Crippen molar-refractivity contribution in [2.45, 2.75) is 19.8 Å². The fourth-order valence-corrected chi connectivity index (χ4v) is 2.50. The number of rotatable bonds is 4. The summed E-state index contributed by atoms with van der Waals surface area (Å²) in [6, 6.07) is 4.39. The number of carbonyl (C=O) groups is 2. The zero-order valence-corrected chi connectivity index (χ0v) is 12.0. The molecule has 116 valence electrons. The molecule has 1 aromatic rings. The SMILES string of the molecule is Cc1ccc(NC(=O)C2CC=CCC2C(=O)O)cc1[N+](=O)[O-]. The van der Waals surface area contributed by atoms with Gasteiger partial charge in [0, 0.05) is 17.3 Å². The smallest absolute Gasteiger partial charge is 0.307 e. The number of hydrogen-bond donors (Lipinski definition) is 2. The molecule has 7 nitrogen and oxygen atoms in total. The minimum atomic E-state index is -1.01. The quantitative estimate of drug-likeness (QED) is 0.504. The van der Waals surface area contributed by atoms with Gasteiger partial charge in [0.2, 0.25) is 5.91 Å². The fourth-order valence-electron chi connectivity index (χ4n) is 2.50. The van der Waals surface area contributed by atoms with Crippen molar-refractivity contribution in [3.05, 3.63) is 46.0 Å². The van der Waals surface area contributed by atoms with Crippen LogP contribution in [0, 0.1) is 28.9 Å². The van der Waals surface area contributed by atoms with Crippen molar-refractivity contribution in [1.82, 2.24) is 0 Å². The van der Waals surface area contributed by atoms with E-state index in [9.17, 15) is 24.8 Å². The van der Waals surface area contributed by atoms with E-state index >= 15 is 0 Å². The van der Waals surface area contributed by atoms with Crippen LogP contribution in [0.2, 0.25) is 0 Å². The number of nitrogens with zero attached hydrogens (tertiary/aromatic N) is 1. The van der Waals surface area contributed by atoms with Gasteiger partial charge in [0.25, 0.3) is 5.69 Å². The molecule has 0 radical (unpaired) electrons. The lowest BCUT2D eigenvalue weighted by molar-refractivity contribution is -0.385. The van der Waals surface area contributed by atoms with Crippen LogP contribution in [0.25, 0.3) is 0 Å². The normalized spacial score (nSPS) is 20.4. The van der Waals surface area contributed by atoms with Crippen LogP contribution in [0.4, 0.5) is 11.4 Å². The molecule has 0 fully saturated rings. The van der Waals surface area contributed by atoms with E-state index in [0.29, 0.717) is 24.1 Å². The number of aryl methyl sites for hydroxylation is 1. The first-order valence-electron chi connectivity index (χ1n) is 6.84. The van der Waals surface area contributed by atoms with E-state index in [0.717, 1.165) is 0 Å². The number of carboxylic acids is 1. The van der Waals surface area contributed by atoms with Crippen LogP contribution < -0.4 is 5.32 Å². The molecule has 0 aromatic heterocycles. The molecule has 0 heterocycles. The number of carboxylic acid groups (broad SMARTS) is 1. The highest BCUT2D eigenvalue weighted by molar-refractivity contribution is 5.95. The molecule has 22 heavy (non-hydrogen) atoms. The van der Waals surface area contributed by atoms with Gasteiger partial charge in [0.15, 0.2) is 0 Å². The lowest BCUT2D eigenvalue weighted by Crippen LogP contribution is -2.34. The third-order valence-corrected chi connectivity index (χ3v) is 3.76. The van der Waals surface area contributed by atoms with Crippen molar-refractivity contribution in [3.8, 4) is 0 Å². The van der Waals surface area contributed by atoms with Gasteiger partial charge in [-0.15, -0.1) is 0 Å². The zero-order valence-electron chi connectivity index (χ0n) is 12.0. The topological polar surface area (TPSA) is 110 Å². The highest BCUT2D eigenvalue weighted by Gasteiger charge is 2.34. The molecule has 1 aliphatic rings. The molecular weight excluding hydrogens is 288 g/mol. The summed E-state index contributed by atoms with van der Waals surface area (Å²) in [6.45, 7) is 1.61. The maximum Gasteiger partial charge on any atom is 0.307 e. The number of hydrogen-bond acceptors (Lipinski definition) is 4. The van der Waals surface area contributed by atoms with Crippen LogP contribution in [-0.4, -0.2) is 21.9 Å². The first-order chi connectivity index (χ1) is 10.4. The monoisotopic (exact) mass is 304 g/mol. The summed E-state index contributed by atoms with van der Waals surface area (Å²) in [5, 5.41) is 22.7. The molecule has 0 saturated carbocycles. The first kappa shape index (κ1) is 15.7. The summed E-state index contributed by atoms with van der Waals surface area (Å²) in [5.41, 5.74) is 0.698. The Labute approximate surface area is 126 Å². The minimum absolute atomic E-state index is 0.0869. The number of aliphatic carboxylic acids is 1. The maximum absolute atomic E-state index is 12.3. The fraction of sp³-hybridized carbons (Fsp3) is 0.333. The second-order valence-corrected chi connectivity index (χ2v) is 5.24. The van der Waals surface area contributed by atoms with Crippen LogP contribution in [0.1, 0.15) is 18.4 Å². The molecule has 2 unspecified atom stereocenters. The Morgan fingerprint density at radius 1 is 1.27 bits per heavy atom. The average molecular weight is 304 g/mol. The summed E-state index contributed by atoms with van der Waals surface area (Å²) in [4.78, 5) is 33.9. The number of allylic oxidation sites excluding steroid dienone is 2. The molecule has 2 atom stereocenters. The second-order valence-electron chi connectivity index (χ2n) is 5.24. The predicted molar refractivity (Wildman–Crippen MR) is 79.5 cm³/mol. The van der Waals surface area contributed by atoms with Crippen molar-refractivity contribution in [2.75, 3.05) is 5.32 Å². The number of nitro benzene ring substituents is 1. The maximum atomic E-state index is 12.3. The van der Waals surface area contributed by atoms with Gasteiger partial charge in [-0.05, 0) is 25.8 Å². The summed E-state index contributed by atoms with van der Waals surface area (Å²) in [7, 11) is 0. The summed E-state index contributed by atoms with van der Waals surface area (Å²) >= 11 is 0. The highest BCUT2D eigenvalue weighted by atomic mass is 16.6. The molecule has 0 spiro atoms. The Balaban J connectivity index is 2.18. The number of anilines is 1. The van der Waals surface area contributed by atoms with Crippen LogP contribution in [0.15, 0.2) is 30.4 Å². The van der Waals surface area contributed by atoms with Crippen LogP contribution in [0.5, 0.6) is 0 Å². The molecule has 0 aliphatic heterocycles. The minimum Gasteiger partial charge on any atom is -0.481 e. The number of benzene rings is 1. The number of carbonyl (C=O) groups excluding carboxylic acids is 1. The van der Waals surface area contributed by atoms with Gasteiger partial charge in [0.05, 0.1) is 16.8 Å². The molecule has 2 N–H and O–H groups in total. The average Bonchev–Trinajstić information content (AvgIpc) is 2.48. The Kier molecular flexibility index (Phi) is 4.55. The molecule has 1 aromatic carbocycles. The van der Waals surface area contributed by atoms with Crippen molar-refractivity contribution in [3.63, 3.8) is 0 Å². The molecule has 1 aliphatic carbocycles. The Hall–Kier alpha value is -2.70. The van der Waals surface area contributed by atoms with E-state index in [1.165, 1.54) is 6.07 Å². The van der Waals surface area contributed by atoms with Crippen LogP contribution in [-0.2, 0) is 9.59 Å². The van der Waals surface area contributed by atoms with Gasteiger partial charge in [-0.1, -0.05) is 18.2 Å². The number of nitrogens with one attached hydrogen (secondary N) is 1. The largest absolute Gasteiger partial charge is 0.481 e. The first-order valence-corrected chi connectivity index (χ1v) is 6.84. The van der Waals surface area contributed by atoms with Gasteiger partial charge < -0.3 is 10.4 Å². The number of nitro groups is 1. The Morgan fingerprint density at radius 3 is 2.50 bits per heavy atom. The molecule has 0 saturated heterocycles. The molecule has 7 heteroatoms. The van der Waals surface area contributed by atoms with E-state index in [1.807, 2.05) is 0 Å². The van der Waals surface area contributed by atoms with E-state index < -0.39 is 28.6 Å². The lowest BCUT2D eigenvalue weighted by Gasteiger charge is -2.24. The van der Waals surface area contributed by atoms with Gasteiger partial charge in [-0.3, -0.25) is 19.7 Å². The molecule has 1 amide bonds. The summed E-state index contributed by atoms with van der Waals surface area (Å²) in [5.74, 6) is -2.90. The zero-order chi connectivity index (χ0) is 16.3. The van der Waals surface area contributed by atoms with Gasteiger partial charge in [-0.2, -0.15) is 0 Å². The second kappa shape index (κ2) is 6.38. The van der Waals surface area contributed by atoms with Crippen molar-refractivity contribution >= 4 is 23.3 Å². The van der Waals surface area contributed by atoms with Gasteiger partial charge >= 0.3 is 5.97 Å². The van der Waals surface area contributed by atoms with Crippen molar-refractivity contribution in [1.29, 1.82) is 0 Å². The van der Waals surface area contributed by atoms with E-state index in [2.05, 4.69) is 5.32 Å². The Morgan fingerprint density at radius 2 is 1.91 bits per heavy atom. The molecule has 2 rings (SSSR count). The van der Waals surface area contributed by atoms with E-state index in [4.69, 9.17) is 0 Å². The molecular formula is C15H16N2O5. The van der Waals surface area contributed by atoms with Crippen molar-refractivity contribution in [2.24, 2.45) is 11.8 Å². The highest BCUT2D eigenvalue weighted by Crippen LogP contribution is 2.28. The summed E-state index contributed by atoms with van der Waals surface area (Å²) < 4.78 is 0.